The van der Waals surface area contributed by atoms with Crippen LogP contribution in [-0.2, 0) is 16.0 Å². The number of esters is 1. The SMILES string of the molecule is CCOc1cc(/C=C2\N=C(c3ccccc3)OC2=O)ccc1OCCc1ccccc1. The molecule has 0 unspecified atom stereocenters. The summed E-state index contributed by atoms with van der Waals surface area (Å²) in [5.74, 6) is 1.13. The minimum Gasteiger partial charge on any atom is -0.490 e. The Morgan fingerprint density at radius 3 is 2.39 bits per heavy atom. The fraction of sp³-hybridized carbons (Fsp3) is 0.154. The number of aliphatic imine (C=N–C) groups is 1. The lowest BCUT2D eigenvalue weighted by Gasteiger charge is -2.12. The summed E-state index contributed by atoms with van der Waals surface area (Å²) in [5.41, 5.74) is 3.01. The van der Waals surface area contributed by atoms with Crippen LogP contribution in [0.3, 0.4) is 0 Å². The molecule has 1 aliphatic rings. The van der Waals surface area contributed by atoms with Gasteiger partial charge in [0.25, 0.3) is 0 Å². The van der Waals surface area contributed by atoms with E-state index in [1.54, 1.807) is 6.08 Å². The zero-order chi connectivity index (χ0) is 21.5. The molecule has 0 spiro atoms. The molecule has 1 aliphatic heterocycles. The molecule has 0 N–H and O–H groups in total. The van der Waals surface area contributed by atoms with Crippen LogP contribution in [0.2, 0.25) is 0 Å². The second kappa shape index (κ2) is 9.76. The molecule has 3 aromatic rings. The molecular weight excluding hydrogens is 390 g/mol. The van der Waals surface area contributed by atoms with Gasteiger partial charge in [0.05, 0.1) is 13.2 Å². The highest BCUT2D eigenvalue weighted by molar-refractivity contribution is 6.12. The standard InChI is InChI=1S/C26H23NO4/c1-2-29-24-18-20(13-14-23(24)30-16-15-19-9-5-3-6-10-19)17-22-26(28)31-25(27-22)21-11-7-4-8-12-21/h3-14,17-18H,2,15-16H2,1H3/b22-17-. The van der Waals surface area contributed by atoms with Crippen molar-refractivity contribution in [3.8, 4) is 11.5 Å². The van der Waals surface area contributed by atoms with Crippen LogP contribution in [0.1, 0.15) is 23.6 Å². The Balaban J connectivity index is 1.50. The van der Waals surface area contributed by atoms with E-state index in [2.05, 4.69) is 17.1 Å². The van der Waals surface area contributed by atoms with Gasteiger partial charge in [-0.25, -0.2) is 9.79 Å². The molecule has 0 fully saturated rings. The van der Waals surface area contributed by atoms with Gasteiger partial charge in [-0.15, -0.1) is 0 Å². The number of hydrogen-bond acceptors (Lipinski definition) is 5. The molecule has 1 heterocycles. The van der Waals surface area contributed by atoms with E-state index < -0.39 is 5.97 Å². The van der Waals surface area contributed by atoms with E-state index in [4.69, 9.17) is 14.2 Å². The van der Waals surface area contributed by atoms with Crippen LogP contribution >= 0.6 is 0 Å². The molecule has 0 bridgehead atoms. The highest BCUT2D eigenvalue weighted by Gasteiger charge is 2.24. The number of rotatable bonds is 8. The van der Waals surface area contributed by atoms with E-state index in [-0.39, 0.29) is 5.70 Å². The van der Waals surface area contributed by atoms with Crippen molar-refractivity contribution in [3.63, 3.8) is 0 Å². The Kier molecular flexibility index (Phi) is 6.43. The lowest BCUT2D eigenvalue weighted by Crippen LogP contribution is -2.05. The Hall–Kier alpha value is -3.86. The first-order chi connectivity index (χ1) is 15.2. The van der Waals surface area contributed by atoms with E-state index in [0.717, 1.165) is 17.5 Å². The number of nitrogens with zero attached hydrogens (tertiary/aromatic N) is 1. The van der Waals surface area contributed by atoms with Crippen molar-refractivity contribution in [2.45, 2.75) is 13.3 Å². The summed E-state index contributed by atoms with van der Waals surface area (Å²) >= 11 is 0. The second-order valence-corrected chi connectivity index (χ2v) is 6.93. The van der Waals surface area contributed by atoms with Crippen molar-refractivity contribution in [3.05, 3.63) is 101 Å². The van der Waals surface area contributed by atoms with E-state index in [1.807, 2.05) is 73.7 Å². The first kappa shape index (κ1) is 20.4. The fourth-order valence-electron chi connectivity index (χ4n) is 3.20. The fourth-order valence-corrected chi connectivity index (χ4v) is 3.20. The summed E-state index contributed by atoms with van der Waals surface area (Å²) in [6.45, 7) is 2.97. The molecule has 0 amide bonds. The van der Waals surface area contributed by atoms with Crippen molar-refractivity contribution in [1.29, 1.82) is 0 Å². The average molecular weight is 413 g/mol. The molecule has 156 valence electrons. The molecule has 5 heteroatoms. The van der Waals surface area contributed by atoms with Crippen LogP contribution in [0.4, 0.5) is 0 Å². The topological polar surface area (TPSA) is 57.1 Å². The molecule has 5 nitrogen and oxygen atoms in total. The van der Waals surface area contributed by atoms with E-state index in [0.29, 0.717) is 30.6 Å². The van der Waals surface area contributed by atoms with E-state index in [1.165, 1.54) is 5.56 Å². The number of ether oxygens (including phenoxy) is 3. The molecule has 0 aliphatic carbocycles. The number of carbonyl (C=O) groups is 1. The van der Waals surface area contributed by atoms with Gasteiger partial charge < -0.3 is 14.2 Å². The predicted octanol–water partition coefficient (Wildman–Crippen LogP) is 5.05. The first-order valence-electron chi connectivity index (χ1n) is 10.2. The Bertz CT molecular complexity index is 1100. The predicted molar refractivity (Wildman–Crippen MR) is 120 cm³/mol. The molecule has 0 saturated carbocycles. The highest BCUT2D eigenvalue weighted by Crippen LogP contribution is 2.30. The van der Waals surface area contributed by atoms with E-state index in [9.17, 15) is 4.79 Å². The van der Waals surface area contributed by atoms with Gasteiger partial charge in [0, 0.05) is 12.0 Å². The van der Waals surface area contributed by atoms with Crippen LogP contribution in [0, 0.1) is 0 Å². The number of benzene rings is 3. The maximum absolute atomic E-state index is 12.3. The summed E-state index contributed by atoms with van der Waals surface area (Å²) in [6, 6.07) is 25.1. The molecule has 0 saturated heterocycles. The third-order valence-corrected chi connectivity index (χ3v) is 4.70. The number of cyclic esters (lactones) is 1. The zero-order valence-corrected chi connectivity index (χ0v) is 17.3. The van der Waals surface area contributed by atoms with Crippen LogP contribution in [0.25, 0.3) is 6.08 Å². The minimum atomic E-state index is -0.472. The molecule has 4 rings (SSSR count). The van der Waals surface area contributed by atoms with Crippen molar-refractivity contribution in [2.75, 3.05) is 13.2 Å². The normalized spacial score (nSPS) is 14.3. The number of carbonyl (C=O) groups excluding carboxylic acids is 1. The van der Waals surface area contributed by atoms with Crippen LogP contribution in [0.15, 0.2) is 89.6 Å². The average Bonchev–Trinajstić information content (AvgIpc) is 3.17. The largest absolute Gasteiger partial charge is 0.490 e. The van der Waals surface area contributed by atoms with Gasteiger partial charge in [-0.3, -0.25) is 0 Å². The van der Waals surface area contributed by atoms with Gasteiger partial charge >= 0.3 is 5.97 Å². The maximum atomic E-state index is 12.3. The van der Waals surface area contributed by atoms with E-state index >= 15 is 0 Å². The molecule has 0 radical (unpaired) electrons. The van der Waals surface area contributed by atoms with Gasteiger partial charge in [-0.2, -0.15) is 0 Å². The Morgan fingerprint density at radius 1 is 0.903 bits per heavy atom. The van der Waals surface area contributed by atoms with Gasteiger partial charge in [-0.1, -0.05) is 54.6 Å². The van der Waals surface area contributed by atoms with Crippen molar-refractivity contribution < 1.29 is 19.0 Å². The summed E-state index contributed by atoms with van der Waals surface area (Å²) in [7, 11) is 0. The third kappa shape index (κ3) is 5.20. The van der Waals surface area contributed by atoms with Crippen molar-refractivity contribution >= 4 is 17.9 Å². The van der Waals surface area contributed by atoms with Gasteiger partial charge in [-0.05, 0) is 48.4 Å². The summed E-state index contributed by atoms with van der Waals surface area (Å²) in [5, 5.41) is 0. The van der Waals surface area contributed by atoms with Crippen LogP contribution < -0.4 is 9.47 Å². The van der Waals surface area contributed by atoms with Gasteiger partial charge in [0.15, 0.2) is 17.2 Å². The Morgan fingerprint density at radius 2 is 1.65 bits per heavy atom. The monoisotopic (exact) mass is 413 g/mol. The molecule has 0 atom stereocenters. The van der Waals surface area contributed by atoms with Gasteiger partial charge in [0.1, 0.15) is 0 Å². The highest BCUT2D eigenvalue weighted by atomic mass is 16.6. The molecule has 31 heavy (non-hydrogen) atoms. The maximum Gasteiger partial charge on any atom is 0.363 e. The first-order valence-corrected chi connectivity index (χ1v) is 10.2. The van der Waals surface area contributed by atoms with Crippen molar-refractivity contribution in [1.82, 2.24) is 0 Å². The molecular formula is C26H23NO4. The Labute approximate surface area is 181 Å². The summed E-state index contributed by atoms with van der Waals surface area (Å²) in [4.78, 5) is 16.6. The minimum absolute atomic E-state index is 0.249. The third-order valence-electron chi connectivity index (χ3n) is 4.70. The second-order valence-electron chi connectivity index (χ2n) is 6.93. The van der Waals surface area contributed by atoms with Crippen LogP contribution in [0.5, 0.6) is 11.5 Å². The lowest BCUT2D eigenvalue weighted by atomic mass is 10.1. The van der Waals surface area contributed by atoms with Crippen LogP contribution in [-0.4, -0.2) is 25.1 Å². The lowest BCUT2D eigenvalue weighted by molar-refractivity contribution is -0.129. The number of hydrogen-bond donors (Lipinski definition) is 0. The van der Waals surface area contributed by atoms with Gasteiger partial charge in [0.2, 0.25) is 5.90 Å². The molecule has 3 aromatic carbocycles. The zero-order valence-electron chi connectivity index (χ0n) is 17.3. The van der Waals surface area contributed by atoms with Crippen molar-refractivity contribution in [2.24, 2.45) is 4.99 Å². The summed E-state index contributed by atoms with van der Waals surface area (Å²) < 4.78 is 17.0. The smallest absolute Gasteiger partial charge is 0.363 e. The molecule has 0 aromatic heterocycles. The quantitative estimate of drug-likeness (QED) is 0.383. The summed E-state index contributed by atoms with van der Waals surface area (Å²) in [6.07, 6.45) is 2.50.